The molecule has 1 atom stereocenters. The van der Waals surface area contributed by atoms with Gasteiger partial charge in [0, 0.05) is 12.6 Å². The molecule has 0 aromatic heterocycles. The van der Waals surface area contributed by atoms with Gasteiger partial charge in [0.1, 0.15) is 0 Å². The fourth-order valence-electron chi connectivity index (χ4n) is 1.65. The molecule has 5 heteroatoms. The molecule has 0 saturated carbocycles. The van der Waals surface area contributed by atoms with Crippen molar-refractivity contribution < 1.29 is 8.42 Å². The molecule has 2 N–H and O–H groups in total. The lowest BCUT2D eigenvalue weighted by molar-refractivity contribution is 0.350. The Morgan fingerprint density at radius 2 is 2.12 bits per heavy atom. The Morgan fingerprint density at radius 1 is 1.44 bits per heavy atom. The van der Waals surface area contributed by atoms with Crippen LogP contribution in [0.2, 0.25) is 0 Å². The molecule has 0 aliphatic carbocycles. The van der Waals surface area contributed by atoms with Crippen molar-refractivity contribution in [3.63, 3.8) is 0 Å². The van der Waals surface area contributed by atoms with Crippen LogP contribution in [0.4, 0.5) is 0 Å². The highest BCUT2D eigenvalue weighted by molar-refractivity contribution is 7.89. The van der Waals surface area contributed by atoms with Crippen LogP contribution in [0, 0.1) is 5.41 Å². The van der Waals surface area contributed by atoms with Gasteiger partial charge >= 0.3 is 0 Å². The molecule has 0 aromatic rings. The van der Waals surface area contributed by atoms with Gasteiger partial charge in [-0.1, -0.05) is 20.8 Å². The van der Waals surface area contributed by atoms with Gasteiger partial charge in [0.25, 0.3) is 0 Å². The topological polar surface area (TPSA) is 58.2 Å². The monoisotopic (exact) mass is 248 g/mol. The molecule has 1 rings (SSSR count). The second kappa shape index (κ2) is 5.47. The molecule has 1 fully saturated rings. The lowest BCUT2D eigenvalue weighted by Crippen LogP contribution is -2.40. The summed E-state index contributed by atoms with van der Waals surface area (Å²) in [7, 11) is -3.12. The van der Waals surface area contributed by atoms with E-state index in [1.54, 1.807) is 0 Å². The van der Waals surface area contributed by atoms with Crippen molar-refractivity contribution in [1.82, 2.24) is 10.0 Å². The first-order chi connectivity index (χ1) is 7.35. The van der Waals surface area contributed by atoms with Gasteiger partial charge in [-0.05, 0) is 31.2 Å². The third-order valence-corrected chi connectivity index (χ3v) is 4.74. The van der Waals surface area contributed by atoms with Gasteiger partial charge in [0.15, 0.2) is 0 Å². The van der Waals surface area contributed by atoms with E-state index in [1.165, 1.54) is 0 Å². The summed E-state index contributed by atoms with van der Waals surface area (Å²) in [6.07, 6.45) is 3.02. The van der Waals surface area contributed by atoms with Crippen LogP contribution in [0.15, 0.2) is 0 Å². The van der Waals surface area contributed by atoms with Gasteiger partial charge in [-0.2, -0.15) is 0 Å². The highest BCUT2D eigenvalue weighted by Crippen LogP contribution is 2.18. The Balaban J connectivity index is 2.39. The average Bonchev–Trinajstić information content (AvgIpc) is 2.67. The molecule has 0 radical (unpaired) electrons. The molecule has 96 valence electrons. The zero-order valence-electron chi connectivity index (χ0n) is 10.5. The second-order valence-electron chi connectivity index (χ2n) is 5.41. The molecule has 1 saturated heterocycles. The molecule has 0 bridgehead atoms. The smallest absolute Gasteiger partial charge is 0.213 e. The molecule has 0 spiro atoms. The molecule has 1 aliphatic heterocycles. The van der Waals surface area contributed by atoms with E-state index in [0.717, 1.165) is 25.8 Å². The van der Waals surface area contributed by atoms with E-state index in [9.17, 15) is 8.42 Å². The van der Waals surface area contributed by atoms with Gasteiger partial charge < -0.3 is 5.32 Å². The van der Waals surface area contributed by atoms with E-state index in [2.05, 4.69) is 30.8 Å². The molecule has 16 heavy (non-hydrogen) atoms. The molecular formula is C11H24N2O2S. The first-order valence-electron chi connectivity index (χ1n) is 6.05. The Hall–Kier alpha value is -0.130. The van der Waals surface area contributed by atoms with Crippen molar-refractivity contribution in [1.29, 1.82) is 0 Å². The fraction of sp³-hybridized carbons (Fsp3) is 1.00. The number of sulfonamides is 1. The summed E-state index contributed by atoms with van der Waals surface area (Å²) >= 11 is 0. The van der Waals surface area contributed by atoms with Crippen LogP contribution in [0.1, 0.15) is 40.0 Å². The van der Waals surface area contributed by atoms with Crippen LogP contribution in [-0.4, -0.2) is 33.3 Å². The molecule has 1 aliphatic rings. The third kappa shape index (κ3) is 4.80. The first-order valence-corrected chi connectivity index (χ1v) is 7.70. The zero-order valence-corrected chi connectivity index (χ0v) is 11.4. The quantitative estimate of drug-likeness (QED) is 0.740. The standard InChI is InChI=1S/C11H24N2O2S/c1-4-11(2,3)9-13-16(14,15)8-10-6-5-7-12-10/h10,12-13H,4-9H2,1-3H3. The molecule has 4 nitrogen and oxygen atoms in total. The summed E-state index contributed by atoms with van der Waals surface area (Å²) in [6, 6.07) is 0.141. The number of hydrogen-bond donors (Lipinski definition) is 2. The van der Waals surface area contributed by atoms with Crippen LogP contribution in [0.25, 0.3) is 0 Å². The fourth-order valence-corrected chi connectivity index (χ4v) is 3.20. The van der Waals surface area contributed by atoms with Crippen molar-refractivity contribution in [3.05, 3.63) is 0 Å². The maximum absolute atomic E-state index is 11.8. The number of hydrogen-bond acceptors (Lipinski definition) is 3. The highest BCUT2D eigenvalue weighted by Gasteiger charge is 2.24. The molecule has 1 unspecified atom stereocenters. The van der Waals surface area contributed by atoms with Crippen molar-refractivity contribution in [3.8, 4) is 0 Å². The van der Waals surface area contributed by atoms with E-state index in [0.29, 0.717) is 6.54 Å². The summed E-state index contributed by atoms with van der Waals surface area (Å²) in [5.74, 6) is 0.215. The zero-order chi connectivity index (χ0) is 12.2. The van der Waals surface area contributed by atoms with Crippen molar-refractivity contribution in [2.24, 2.45) is 5.41 Å². The van der Waals surface area contributed by atoms with Gasteiger partial charge in [-0.3, -0.25) is 0 Å². The van der Waals surface area contributed by atoms with Crippen LogP contribution in [-0.2, 0) is 10.0 Å². The van der Waals surface area contributed by atoms with Crippen LogP contribution < -0.4 is 10.0 Å². The Labute approximate surface area is 99.2 Å². The van der Waals surface area contributed by atoms with E-state index in [1.807, 2.05) is 0 Å². The summed E-state index contributed by atoms with van der Waals surface area (Å²) in [5.41, 5.74) is 0.0379. The highest BCUT2D eigenvalue weighted by atomic mass is 32.2. The Kier molecular flexibility index (Phi) is 4.76. The third-order valence-electron chi connectivity index (χ3n) is 3.31. The molecule has 1 heterocycles. The van der Waals surface area contributed by atoms with Crippen molar-refractivity contribution in [2.75, 3.05) is 18.8 Å². The maximum atomic E-state index is 11.8. The van der Waals surface area contributed by atoms with E-state index < -0.39 is 10.0 Å². The molecular weight excluding hydrogens is 224 g/mol. The van der Waals surface area contributed by atoms with Gasteiger partial charge in [-0.15, -0.1) is 0 Å². The molecule has 0 aromatic carbocycles. The predicted octanol–water partition coefficient (Wildman–Crippen LogP) is 1.09. The van der Waals surface area contributed by atoms with Gasteiger partial charge in [0.2, 0.25) is 10.0 Å². The second-order valence-corrected chi connectivity index (χ2v) is 7.27. The minimum atomic E-state index is -3.12. The summed E-state index contributed by atoms with van der Waals surface area (Å²) < 4.78 is 26.3. The van der Waals surface area contributed by atoms with Crippen LogP contribution >= 0.6 is 0 Å². The van der Waals surface area contributed by atoms with Crippen LogP contribution in [0.5, 0.6) is 0 Å². The Morgan fingerprint density at radius 3 is 2.62 bits per heavy atom. The SMILES string of the molecule is CCC(C)(C)CNS(=O)(=O)CC1CCCN1. The normalized spacial score (nSPS) is 22.6. The number of rotatable bonds is 6. The van der Waals surface area contributed by atoms with Crippen LogP contribution in [0.3, 0.4) is 0 Å². The molecule has 0 amide bonds. The predicted molar refractivity (Wildman–Crippen MR) is 66.9 cm³/mol. The first kappa shape index (κ1) is 13.9. The van der Waals surface area contributed by atoms with Crippen molar-refractivity contribution >= 4 is 10.0 Å². The van der Waals surface area contributed by atoms with Crippen molar-refractivity contribution in [2.45, 2.75) is 46.1 Å². The Bertz CT molecular complexity index is 306. The van der Waals surface area contributed by atoms with E-state index >= 15 is 0 Å². The summed E-state index contributed by atoms with van der Waals surface area (Å²) in [5, 5.41) is 3.20. The van der Waals surface area contributed by atoms with E-state index in [-0.39, 0.29) is 17.2 Å². The van der Waals surface area contributed by atoms with Gasteiger partial charge in [-0.25, -0.2) is 13.1 Å². The minimum Gasteiger partial charge on any atom is -0.313 e. The minimum absolute atomic E-state index is 0.0379. The van der Waals surface area contributed by atoms with Gasteiger partial charge in [0.05, 0.1) is 5.75 Å². The van der Waals surface area contributed by atoms with E-state index in [4.69, 9.17) is 0 Å². The number of nitrogens with one attached hydrogen (secondary N) is 2. The largest absolute Gasteiger partial charge is 0.313 e. The maximum Gasteiger partial charge on any atom is 0.213 e. The summed E-state index contributed by atoms with van der Waals surface area (Å²) in [6.45, 7) is 7.69. The lowest BCUT2D eigenvalue weighted by atomic mass is 9.91. The average molecular weight is 248 g/mol. The summed E-state index contributed by atoms with van der Waals surface area (Å²) in [4.78, 5) is 0. The lowest BCUT2D eigenvalue weighted by Gasteiger charge is -2.23.